The Labute approximate surface area is 189 Å². The van der Waals surface area contributed by atoms with Gasteiger partial charge in [-0.3, -0.25) is 4.79 Å². The van der Waals surface area contributed by atoms with Crippen LogP contribution in [0.25, 0.3) is 11.3 Å². The fraction of sp³-hybridized carbons (Fsp3) is 0.190. The molecular weight excluding hydrogens is 488 g/mol. The van der Waals surface area contributed by atoms with E-state index in [1.165, 1.54) is 30.3 Å². The molecule has 0 aliphatic carbocycles. The number of carbonyl (C=O) groups excluding carboxylic acids is 1. The van der Waals surface area contributed by atoms with Gasteiger partial charge >= 0.3 is 12.4 Å². The Morgan fingerprint density at radius 1 is 0.853 bits per heavy atom. The van der Waals surface area contributed by atoms with Gasteiger partial charge in [-0.15, -0.1) is 0 Å². The molecule has 1 aromatic heterocycles. The highest BCUT2D eigenvalue weighted by Crippen LogP contribution is 2.32. The van der Waals surface area contributed by atoms with Crippen LogP contribution in [0.5, 0.6) is 0 Å². The second-order valence-corrected chi connectivity index (χ2v) is 8.98. The summed E-state index contributed by atoms with van der Waals surface area (Å²) in [4.78, 5) is 18.9. The molecule has 2 aromatic carbocycles. The van der Waals surface area contributed by atoms with Crippen molar-refractivity contribution in [2.45, 2.75) is 23.9 Å². The summed E-state index contributed by atoms with van der Waals surface area (Å²) in [5.41, 5.74) is -2.79. The van der Waals surface area contributed by atoms with Crippen molar-refractivity contribution >= 4 is 21.4 Å². The number of sulfone groups is 1. The quantitative estimate of drug-likeness (QED) is 0.379. The van der Waals surface area contributed by atoms with Crippen molar-refractivity contribution in [1.29, 1.82) is 0 Å². The van der Waals surface area contributed by atoms with Crippen LogP contribution in [0.15, 0.2) is 65.8 Å². The van der Waals surface area contributed by atoms with Crippen molar-refractivity contribution in [3.05, 3.63) is 71.9 Å². The van der Waals surface area contributed by atoms with E-state index in [2.05, 4.69) is 15.3 Å². The number of benzene rings is 2. The van der Waals surface area contributed by atoms with E-state index in [0.29, 0.717) is 12.1 Å². The predicted octanol–water partition coefficient (Wildman–Crippen LogP) is 4.98. The summed E-state index contributed by atoms with van der Waals surface area (Å²) >= 11 is 0. The molecule has 0 saturated heterocycles. The molecule has 0 radical (unpaired) electrons. The Morgan fingerprint density at radius 2 is 1.53 bits per heavy atom. The van der Waals surface area contributed by atoms with Crippen LogP contribution in [-0.2, 0) is 27.0 Å². The smallest absolute Gasteiger partial charge is 0.326 e. The van der Waals surface area contributed by atoms with Crippen LogP contribution in [0.2, 0.25) is 0 Å². The third-order valence-corrected chi connectivity index (χ3v) is 5.90. The van der Waals surface area contributed by atoms with Crippen molar-refractivity contribution in [2.75, 3.05) is 11.1 Å². The van der Waals surface area contributed by atoms with Gasteiger partial charge < -0.3 is 5.32 Å². The number of hydrogen-bond donors (Lipinski definition) is 1. The zero-order valence-electron chi connectivity index (χ0n) is 17.0. The van der Waals surface area contributed by atoms with E-state index in [1.807, 2.05) is 0 Å². The number of alkyl halides is 6. The maximum absolute atomic E-state index is 13.3. The maximum Gasteiger partial charge on any atom is 0.433 e. The normalized spacial score (nSPS) is 12.4. The van der Waals surface area contributed by atoms with E-state index in [4.69, 9.17) is 0 Å². The maximum atomic E-state index is 13.3. The summed E-state index contributed by atoms with van der Waals surface area (Å²) < 4.78 is 103. The first-order valence-corrected chi connectivity index (χ1v) is 11.1. The number of amides is 1. The average Bonchev–Trinajstić information content (AvgIpc) is 2.77. The van der Waals surface area contributed by atoms with E-state index in [-0.39, 0.29) is 16.9 Å². The topological polar surface area (TPSA) is 89.0 Å². The van der Waals surface area contributed by atoms with Crippen LogP contribution in [0.3, 0.4) is 0 Å². The number of carbonyl (C=O) groups is 1. The van der Waals surface area contributed by atoms with Crippen molar-refractivity contribution in [3.63, 3.8) is 0 Å². The molecule has 13 heteroatoms. The van der Waals surface area contributed by atoms with Gasteiger partial charge in [0.2, 0.25) is 20.9 Å². The lowest BCUT2D eigenvalue weighted by molar-refractivity contribution is -0.141. The van der Waals surface area contributed by atoms with Gasteiger partial charge in [0.05, 0.1) is 17.0 Å². The van der Waals surface area contributed by atoms with Crippen molar-refractivity contribution in [2.24, 2.45) is 0 Å². The van der Waals surface area contributed by atoms with Crippen molar-refractivity contribution in [3.8, 4) is 11.3 Å². The summed E-state index contributed by atoms with van der Waals surface area (Å²) in [5, 5.41) is 1.01. The molecule has 1 amide bonds. The Morgan fingerprint density at radius 3 is 2.15 bits per heavy atom. The number of hydrogen-bond acceptors (Lipinski definition) is 5. The molecule has 0 bridgehead atoms. The summed E-state index contributed by atoms with van der Waals surface area (Å²) in [6, 6.07) is 11.8. The van der Waals surface area contributed by atoms with Crippen LogP contribution < -0.4 is 5.32 Å². The van der Waals surface area contributed by atoms with E-state index in [1.54, 1.807) is 6.07 Å². The molecule has 6 nitrogen and oxygen atoms in total. The molecule has 1 heterocycles. The van der Waals surface area contributed by atoms with E-state index < -0.39 is 56.7 Å². The number of aromatic nitrogens is 2. The zero-order chi connectivity index (χ0) is 25.1. The minimum absolute atomic E-state index is 0.217. The first-order valence-electron chi connectivity index (χ1n) is 9.47. The summed E-state index contributed by atoms with van der Waals surface area (Å²) in [6.07, 6.45) is -10.4. The highest BCUT2D eigenvalue weighted by molar-refractivity contribution is 7.91. The second kappa shape index (κ2) is 9.41. The van der Waals surface area contributed by atoms with Gasteiger partial charge in [-0.1, -0.05) is 36.4 Å². The number of rotatable bonds is 6. The molecular formula is C21H15F6N3O3S. The molecule has 0 fully saturated rings. The molecule has 0 atom stereocenters. The van der Waals surface area contributed by atoms with Gasteiger partial charge in [0.1, 0.15) is 5.69 Å². The Kier molecular flexibility index (Phi) is 6.96. The SMILES string of the molecule is O=C(CCS(=O)(=O)c1nc(-c2ccccc2)cc(C(F)(F)F)n1)Nc1cccc(C(F)(F)F)c1. The minimum atomic E-state index is -4.96. The number of nitrogens with zero attached hydrogens (tertiary/aromatic N) is 2. The first-order chi connectivity index (χ1) is 15.8. The lowest BCUT2D eigenvalue weighted by Gasteiger charge is -2.12. The lowest BCUT2D eigenvalue weighted by Crippen LogP contribution is -2.20. The number of nitrogens with one attached hydrogen (secondary N) is 1. The fourth-order valence-electron chi connectivity index (χ4n) is 2.78. The van der Waals surface area contributed by atoms with E-state index in [0.717, 1.165) is 12.1 Å². The number of halogens is 6. The largest absolute Gasteiger partial charge is 0.433 e. The molecule has 0 aliphatic rings. The standard InChI is InChI=1S/C21H15F6N3O3S/c22-20(23,24)14-7-4-8-15(11-14)28-18(31)9-10-34(32,33)19-29-16(13-5-2-1-3-6-13)12-17(30-19)21(25,26)27/h1-8,11-12H,9-10H2,(H,28,31). The van der Waals surface area contributed by atoms with Gasteiger partial charge in [-0.05, 0) is 24.3 Å². The molecule has 0 unspecified atom stereocenters. The fourth-order valence-corrected chi connectivity index (χ4v) is 3.89. The van der Waals surface area contributed by atoms with Gasteiger partial charge in [0.25, 0.3) is 0 Å². The number of anilines is 1. The molecule has 3 aromatic rings. The summed E-state index contributed by atoms with van der Waals surface area (Å²) in [6.45, 7) is 0. The van der Waals surface area contributed by atoms with Gasteiger partial charge in [0, 0.05) is 17.7 Å². The van der Waals surface area contributed by atoms with Gasteiger partial charge in [-0.25, -0.2) is 18.4 Å². The monoisotopic (exact) mass is 503 g/mol. The molecule has 34 heavy (non-hydrogen) atoms. The molecule has 0 saturated carbocycles. The van der Waals surface area contributed by atoms with Crippen LogP contribution in [-0.4, -0.2) is 30.0 Å². The van der Waals surface area contributed by atoms with Gasteiger partial charge in [0.15, 0.2) is 0 Å². The van der Waals surface area contributed by atoms with Crippen LogP contribution in [0.4, 0.5) is 32.0 Å². The molecule has 1 N–H and O–H groups in total. The molecule has 3 rings (SSSR count). The first kappa shape index (κ1) is 25.1. The summed E-state index contributed by atoms with van der Waals surface area (Å²) in [7, 11) is -4.56. The van der Waals surface area contributed by atoms with E-state index in [9.17, 15) is 39.6 Å². The molecule has 0 spiro atoms. The highest BCUT2D eigenvalue weighted by atomic mass is 32.2. The Bertz CT molecular complexity index is 1290. The van der Waals surface area contributed by atoms with E-state index >= 15 is 0 Å². The zero-order valence-corrected chi connectivity index (χ0v) is 17.8. The van der Waals surface area contributed by atoms with Crippen molar-refractivity contribution in [1.82, 2.24) is 9.97 Å². The molecule has 180 valence electrons. The van der Waals surface area contributed by atoms with Crippen LogP contribution >= 0.6 is 0 Å². The highest BCUT2D eigenvalue weighted by Gasteiger charge is 2.35. The molecule has 0 aliphatic heterocycles. The van der Waals surface area contributed by atoms with Crippen LogP contribution in [0, 0.1) is 0 Å². The van der Waals surface area contributed by atoms with Crippen LogP contribution in [0.1, 0.15) is 17.7 Å². The lowest BCUT2D eigenvalue weighted by atomic mass is 10.1. The minimum Gasteiger partial charge on any atom is -0.326 e. The van der Waals surface area contributed by atoms with Gasteiger partial charge in [-0.2, -0.15) is 26.3 Å². The third kappa shape index (κ3) is 6.31. The average molecular weight is 503 g/mol. The third-order valence-electron chi connectivity index (χ3n) is 4.42. The van der Waals surface area contributed by atoms with Crippen molar-refractivity contribution < 1.29 is 39.6 Å². The Balaban J connectivity index is 1.81. The summed E-state index contributed by atoms with van der Waals surface area (Å²) in [5.74, 6) is -1.92. The predicted molar refractivity (Wildman–Crippen MR) is 109 cm³/mol. The second-order valence-electron chi connectivity index (χ2n) is 6.98. The Hall–Kier alpha value is -3.48.